The fraction of sp³-hybridized carbons (Fsp3) is 0.583. The first-order valence-corrected chi connectivity index (χ1v) is 5.96. The Kier molecular flexibility index (Phi) is 3.64. The molecular weight excluding hydrogens is 234 g/mol. The number of hydrogen-bond acceptors (Lipinski definition) is 5. The predicted octanol–water partition coefficient (Wildman–Crippen LogP) is 1.09. The normalized spacial score (nSPS) is 19.7. The molecule has 1 N–H and O–H groups in total. The highest BCUT2D eigenvalue weighted by Crippen LogP contribution is 2.27. The Labute approximate surface area is 106 Å². The van der Waals surface area contributed by atoms with Gasteiger partial charge in [-0.15, -0.1) is 0 Å². The first-order chi connectivity index (χ1) is 8.63. The topological polar surface area (TPSA) is 75.6 Å². The van der Waals surface area contributed by atoms with Gasteiger partial charge >= 0.3 is 5.97 Å². The number of carboxylic acid groups (broad SMARTS) is 1. The summed E-state index contributed by atoms with van der Waals surface area (Å²) in [5.41, 5.74) is 0.853. The quantitative estimate of drug-likeness (QED) is 0.866. The van der Waals surface area contributed by atoms with Gasteiger partial charge in [-0.2, -0.15) is 0 Å². The number of aromatic nitrogens is 2. The van der Waals surface area contributed by atoms with Crippen LogP contribution in [0.5, 0.6) is 5.88 Å². The summed E-state index contributed by atoms with van der Waals surface area (Å²) in [6.07, 6.45) is 3.04. The molecule has 98 valence electrons. The zero-order valence-electron chi connectivity index (χ0n) is 10.6. The predicted molar refractivity (Wildman–Crippen MR) is 65.9 cm³/mol. The molecule has 1 aromatic rings. The molecule has 0 aliphatic carbocycles. The zero-order valence-corrected chi connectivity index (χ0v) is 10.6. The van der Waals surface area contributed by atoms with E-state index >= 15 is 0 Å². The number of hydrogen-bond donors (Lipinski definition) is 1. The molecule has 2 heterocycles. The van der Waals surface area contributed by atoms with E-state index in [9.17, 15) is 4.79 Å². The van der Waals surface area contributed by atoms with Crippen LogP contribution < -0.4 is 9.64 Å². The summed E-state index contributed by atoms with van der Waals surface area (Å²) in [5, 5.41) is 9.09. The molecule has 1 aliphatic rings. The second kappa shape index (κ2) is 5.20. The van der Waals surface area contributed by atoms with Gasteiger partial charge in [-0.3, -0.25) is 4.79 Å². The lowest BCUT2D eigenvalue weighted by Gasteiger charge is -2.32. The van der Waals surface area contributed by atoms with Crippen molar-refractivity contribution in [1.29, 1.82) is 0 Å². The molecule has 0 saturated carbocycles. The molecule has 1 atom stereocenters. The molecule has 0 aromatic carbocycles. The first kappa shape index (κ1) is 12.6. The van der Waals surface area contributed by atoms with Gasteiger partial charge in [-0.05, 0) is 19.8 Å². The minimum atomic E-state index is -0.738. The number of carboxylic acids is 1. The summed E-state index contributed by atoms with van der Waals surface area (Å²) in [4.78, 5) is 21.3. The highest BCUT2D eigenvalue weighted by molar-refractivity contribution is 5.71. The number of methoxy groups -OCH3 is 1. The number of carbonyl (C=O) groups is 1. The van der Waals surface area contributed by atoms with Crippen molar-refractivity contribution in [3.63, 3.8) is 0 Å². The largest absolute Gasteiger partial charge is 0.481 e. The van der Waals surface area contributed by atoms with Crippen molar-refractivity contribution in [2.75, 3.05) is 25.1 Å². The standard InChI is InChI=1S/C12H17N3O3/c1-8-10(13-7-14-11(8)18-2)15-5-3-4-9(6-15)12(16)17/h7,9H,3-6H2,1-2H3,(H,16,17). The molecule has 1 saturated heterocycles. The Hall–Kier alpha value is -1.85. The third kappa shape index (κ3) is 2.37. The second-order valence-corrected chi connectivity index (χ2v) is 4.45. The Morgan fingerprint density at radius 1 is 1.56 bits per heavy atom. The molecule has 1 aliphatic heterocycles. The number of ether oxygens (including phenoxy) is 1. The van der Waals surface area contributed by atoms with Gasteiger partial charge in [0.1, 0.15) is 12.1 Å². The van der Waals surface area contributed by atoms with Crippen LogP contribution in [0.25, 0.3) is 0 Å². The summed E-state index contributed by atoms with van der Waals surface area (Å²) in [6.45, 7) is 3.21. The van der Waals surface area contributed by atoms with Gasteiger partial charge in [-0.25, -0.2) is 9.97 Å². The number of aliphatic carboxylic acids is 1. The van der Waals surface area contributed by atoms with E-state index in [0.717, 1.165) is 30.8 Å². The molecule has 18 heavy (non-hydrogen) atoms. The molecule has 6 heteroatoms. The average molecular weight is 251 g/mol. The van der Waals surface area contributed by atoms with Crippen LogP contribution in [0.1, 0.15) is 18.4 Å². The van der Waals surface area contributed by atoms with Crippen molar-refractivity contribution < 1.29 is 14.6 Å². The Bertz CT molecular complexity index is 450. The van der Waals surface area contributed by atoms with Crippen molar-refractivity contribution >= 4 is 11.8 Å². The lowest BCUT2D eigenvalue weighted by atomic mass is 9.98. The molecule has 0 radical (unpaired) electrons. The number of piperidine rings is 1. The van der Waals surface area contributed by atoms with Crippen molar-refractivity contribution in [3.05, 3.63) is 11.9 Å². The molecule has 0 bridgehead atoms. The first-order valence-electron chi connectivity index (χ1n) is 5.96. The van der Waals surface area contributed by atoms with Crippen molar-refractivity contribution in [1.82, 2.24) is 9.97 Å². The van der Waals surface area contributed by atoms with Gasteiger partial charge in [-0.1, -0.05) is 0 Å². The van der Waals surface area contributed by atoms with Gasteiger partial charge in [0.05, 0.1) is 18.6 Å². The van der Waals surface area contributed by atoms with Crippen LogP contribution in [-0.2, 0) is 4.79 Å². The van der Waals surface area contributed by atoms with Crippen LogP contribution in [0, 0.1) is 12.8 Å². The average Bonchev–Trinajstić information content (AvgIpc) is 2.39. The maximum Gasteiger partial charge on any atom is 0.308 e. The van der Waals surface area contributed by atoms with Gasteiger partial charge in [0.2, 0.25) is 5.88 Å². The Balaban J connectivity index is 2.23. The number of anilines is 1. The minimum absolute atomic E-state index is 0.320. The van der Waals surface area contributed by atoms with E-state index in [1.165, 1.54) is 6.33 Å². The summed E-state index contributed by atoms with van der Waals surface area (Å²) < 4.78 is 5.16. The smallest absolute Gasteiger partial charge is 0.308 e. The van der Waals surface area contributed by atoms with E-state index in [2.05, 4.69) is 9.97 Å². The monoisotopic (exact) mass is 251 g/mol. The maximum absolute atomic E-state index is 11.1. The summed E-state index contributed by atoms with van der Waals surface area (Å²) in [6, 6.07) is 0. The van der Waals surface area contributed by atoms with Gasteiger partial charge in [0, 0.05) is 13.1 Å². The minimum Gasteiger partial charge on any atom is -0.481 e. The lowest BCUT2D eigenvalue weighted by Crippen LogP contribution is -2.39. The third-order valence-electron chi connectivity index (χ3n) is 3.27. The van der Waals surface area contributed by atoms with Crippen LogP contribution in [0.4, 0.5) is 5.82 Å². The van der Waals surface area contributed by atoms with E-state index in [4.69, 9.17) is 9.84 Å². The zero-order chi connectivity index (χ0) is 13.1. The summed E-state index contributed by atoms with van der Waals surface area (Å²) >= 11 is 0. The van der Waals surface area contributed by atoms with E-state index in [0.29, 0.717) is 12.4 Å². The molecule has 1 aromatic heterocycles. The van der Waals surface area contributed by atoms with E-state index in [1.54, 1.807) is 7.11 Å². The number of nitrogens with zero attached hydrogens (tertiary/aromatic N) is 3. The van der Waals surface area contributed by atoms with Crippen LogP contribution in [-0.4, -0.2) is 41.2 Å². The van der Waals surface area contributed by atoms with Crippen LogP contribution in [0.2, 0.25) is 0 Å². The van der Waals surface area contributed by atoms with E-state index in [1.807, 2.05) is 11.8 Å². The molecule has 0 spiro atoms. The Morgan fingerprint density at radius 2 is 2.33 bits per heavy atom. The van der Waals surface area contributed by atoms with Gasteiger partial charge in [0.15, 0.2) is 0 Å². The fourth-order valence-corrected chi connectivity index (χ4v) is 2.32. The molecule has 1 fully saturated rings. The highest BCUT2D eigenvalue weighted by atomic mass is 16.5. The van der Waals surface area contributed by atoms with Crippen molar-refractivity contribution in [2.45, 2.75) is 19.8 Å². The maximum atomic E-state index is 11.1. The highest BCUT2D eigenvalue weighted by Gasteiger charge is 2.27. The van der Waals surface area contributed by atoms with Crippen LogP contribution in [0.15, 0.2) is 6.33 Å². The SMILES string of the molecule is COc1ncnc(N2CCCC(C(=O)O)C2)c1C. The van der Waals surface area contributed by atoms with Crippen molar-refractivity contribution in [3.8, 4) is 5.88 Å². The molecule has 2 rings (SSSR count). The van der Waals surface area contributed by atoms with Crippen LogP contribution >= 0.6 is 0 Å². The summed E-state index contributed by atoms with van der Waals surface area (Å²) in [5.74, 6) is 0.253. The molecular formula is C12H17N3O3. The molecule has 1 unspecified atom stereocenters. The van der Waals surface area contributed by atoms with Crippen LogP contribution in [0.3, 0.4) is 0 Å². The number of rotatable bonds is 3. The lowest BCUT2D eigenvalue weighted by molar-refractivity contribution is -0.141. The third-order valence-corrected chi connectivity index (χ3v) is 3.27. The summed E-state index contributed by atoms with van der Waals surface area (Å²) in [7, 11) is 1.56. The van der Waals surface area contributed by atoms with Gasteiger partial charge < -0.3 is 14.7 Å². The second-order valence-electron chi connectivity index (χ2n) is 4.45. The van der Waals surface area contributed by atoms with Gasteiger partial charge in [0.25, 0.3) is 0 Å². The van der Waals surface area contributed by atoms with E-state index in [-0.39, 0.29) is 5.92 Å². The molecule has 6 nitrogen and oxygen atoms in total. The van der Waals surface area contributed by atoms with E-state index < -0.39 is 5.97 Å². The molecule has 0 amide bonds. The fourth-order valence-electron chi connectivity index (χ4n) is 2.32. The van der Waals surface area contributed by atoms with Crippen molar-refractivity contribution in [2.24, 2.45) is 5.92 Å². The Morgan fingerprint density at radius 3 is 3.00 bits per heavy atom.